The van der Waals surface area contributed by atoms with E-state index >= 15 is 0 Å². The lowest BCUT2D eigenvalue weighted by molar-refractivity contribution is -0.119. The van der Waals surface area contributed by atoms with Crippen LogP contribution in [0.25, 0.3) is 0 Å². The van der Waals surface area contributed by atoms with E-state index in [4.69, 9.17) is 4.74 Å². The zero-order valence-electron chi connectivity index (χ0n) is 20.8. The number of carbonyl (C=O) groups is 3. The Kier molecular flexibility index (Phi) is 19.7. The first-order valence-corrected chi connectivity index (χ1v) is 12.4. The highest BCUT2D eigenvalue weighted by molar-refractivity contribution is 5.87. The average molecular weight is 454 g/mol. The topological polar surface area (TPSA) is 96.5 Å². The van der Waals surface area contributed by atoms with Crippen LogP contribution in [0.2, 0.25) is 0 Å². The van der Waals surface area contributed by atoms with Crippen molar-refractivity contribution in [2.75, 3.05) is 26.2 Å². The van der Waals surface area contributed by atoms with Crippen LogP contribution in [0.4, 0.5) is 0 Å². The van der Waals surface area contributed by atoms with Crippen molar-refractivity contribution in [2.45, 2.75) is 98.0 Å². The Hall–Kier alpha value is -1.89. The predicted octanol–water partition coefficient (Wildman–Crippen LogP) is 3.87. The van der Waals surface area contributed by atoms with E-state index < -0.39 is 0 Å². The van der Waals surface area contributed by atoms with Gasteiger partial charge in [0.25, 0.3) is 0 Å². The summed E-state index contributed by atoms with van der Waals surface area (Å²) in [7, 11) is 0. The van der Waals surface area contributed by atoms with Crippen molar-refractivity contribution in [1.29, 1.82) is 0 Å². The lowest BCUT2D eigenvalue weighted by Gasteiger charge is -2.14. The van der Waals surface area contributed by atoms with E-state index in [0.717, 1.165) is 83.9 Å². The van der Waals surface area contributed by atoms with Crippen molar-refractivity contribution in [3.05, 3.63) is 12.2 Å². The van der Waals surface area contributed by atoms with Crippen LogP contribution in [0.5, 0.6) is 0 Å². The summed E-state index contributed by atoms with van der Waals surface area (Å²) in [5, 5.41) is 8.53. The third-order valence-electron chi connectivity index (χ3n) is 5.23. The molecule has 0 aliphatic heterocycles. The monoisotopic (exact) mass is 453 g/mol. The Bertz CT molecular complexity index is 537. The summed E-state index contributed by atoms with van der Waals surface area (Å²) >= 11 is 0. The Morgan fingerprint density at radius 1 is 0.719 bits per heavy atom. The fourth-order valence-corrected chi connectivity index (χ4v) is 3.20. The van der Waals surface area contributed by atoms with Gasteiger partial charge in [0, 0.05) is 40.1 Å². The minimum atomic E-state index is -0.0297. The van der Waals surface area contributed by atoms with Gasteiger partial charge in [-0.1, -0.05) is 38.7 Å². The molecule has 0 fully saturated rings. The summed E-state index contributed by atoms with van der Waals surface area (Å²) in [6.07, 6.45) is 14.2. The smallest absolute Gasteiger partial charge is 0.243 e. The Morgan fingerprint density at radius 3 is 1.75 bits per heavy atom. The number of rotatable bonds is 20. The van der Waals surface area contributed by atoms with E-state index in [1.807, 2.05) is 6.08 Å². The number of amides is 3. The molecule has 186 valence electrons. The first kappa shape index (κ1) is 30.1. The minimum Gasteiger partial charge on any atom is -0.379 e. The third kappa shape index (κ3) is 22.8. The highest BCUT2D eigenvalue weighted by atomic mass is 16.5. The van der Waals surface area contributed by atoms with Crippen LogP contribution in [0.3, 0.4) is 0 Å². The largest absolute Gasteiger partial charge is 0.379 e. The van der Waals surface area contributed by atoms with Gasteiger partial charge in [0.15, 0.2) is 0 Å². The average Bonchev–Trinajstić information content (AvgIpc) is 2.74. The van der Waals surface area contributed by atoms with Gasteiger partial charge in [0.1, 0.15) is 0 Å². The molecule has 0 aromatic heterocycles. The van der Waals surface area contributed by atoms with Crippen LogP contribution >= 0.6 is 0 Å². The van der Waals surface area contributed by atoms with Crippen molar-refractivity contribution in [3.63, 3.8) is 0 Å². The summed E-state index contributed by atoms with van der Waals surface area (Å²) < 4.78 is 5.88. The summed E-state index contributed by atoms with van der Waals surface area (Å²) in [6, 6.07) is 0. The normalized spacial score (nSPS) is 13.0. The summed E-state index contributed by atoms with van der Waals surface area (Å²) in [6.45, 7) is 10.3. The number of hydrogen-bond acceptors (Lipinski definition) is 4. The van der Waals surface area contributed by atoms with Crippen LogP contribution < -0.4 is 16.0 Å². The predicted molar refractivity (Wildman–Crippen MR) is 130 cm³/mol. The fraction of sp³-hybridized carbons (Fsp3) is 0.800. The molecule has 0 radical (unpaired) electrons. The molecular formula is C25H47N3O4. The summed E-state index contributed by atoms with van der Waals surface area (Å²) in [5.41, 5.74) is 0. The molecule has 3 N–H and O–H groups in total. The molecule has 0 spiro atoms. The van der Waals surface area contributed by atoms with E-state index in [1.165, 1.54) is 6.92 Å². The molecule has 0 aliphatic rings. The standard InChI is InChI=1S/C25H47N3O4/c1-21(13-15-22(2)32-20-12-8-7-10-18-27-24(4)30)14-16-25(31)28-19-11-6-5-9-17-26-23(3)29/h14,16,21-22H,5-13,15,17-20H2,1-4H3,(H,26,29)(H,27,30)(H,28,31)/b16-14+. The first-order valence-electron chi connectivity index (χ1n) is 12.4. The van der Waals surface area contributed by atoms with Crippen LogP contribution in [0.1, 0.15) is 91.9 Å². The molecule has 7 nitrogen and oxygen atoms in total. The second-order valence-corrected chi connectivity index (χ2v) is 8.68. The van der Waals surface area contributed by atoms with Gasteiger partial charge in [-0.25, -0.2) is 0 Å². The second-order valence-electron chi connectivity index (χ2n) is 8.68. The Labute approximate surface area is 195 Å². The molecule has 3 amide bonds. The van der Waals surface area contributed by atoms with Gasteiger partial charge < -0.3 is 20.7 Å². The number of nitrogens with one attached hydrogen (secondary N) is 3. The molecule has 0 aromatic rings. The van der Waals surface area contributed by atoms with Crippen LogP contribution in [0.15, 0.2) is 12.2 Å². The van der Waals surface area contributed by atoms with Gasteiger partial charge in [0.2, 0.25) is 17.7 Å². The molecule has 0 saturated carbocycles. The lowest BCUT2D eigenvalue weighted by atomic mass is 10.0. The summed E-state index contributed by atoms with van der Waals surface area (Å²) in [5.74, 6) is 0.366. The molecule has 0 heterocycles. The molecule has 2 atom stereocenters. The molecule has 0 aliphatic carbocycles. The second kappa shape index (κ2) is 21.0. The number of unbranched alkanes of at least 4 members (excludes halogenated alkanes) is 6. The number of ether oxygens (including phenoxy) is 1. The van der Waals surface area contributed by atoms with Crippen LogP contribution in [-0.2, 0) is 19.1 Å². The van der Waals surface area contributed by atoms with Crippen molar-refractivity contribution >= 4 is 17.7 Å². The molecule has 7 heteroatoms. The molecule has 32 heavy (non-hydrogen) atoms. The maximum Gasteiger partial charge on any atom is 0.243 e. The molecule has 0 aromatic carbocycles. The zero-order valence-corrected chi connectivity index (χ0v) is 20.8. The van der Waals surface area contributed by atoms with E-state index in [-0.39, 0.29) is 23.8 Å². The van der Waals surface area contributed by atoms with Crippen molar-refractivity contribution in [3.8, 4) is 0 Å². The zero-order chi connectivity index (χ0) is 24.0. The van der Waals surface area contributed by atoms with Gasteiger partial charge in [-0.15, -0.1) is 0 Å². The van der Waals surface area contributed by atoms with Crippen LogP contribution in [0, 0.1) is 5.92 Å². The van der Waals surface area contributed by atoms with Crippen molar-refractivity contribution in [1.82, 2.24) is 16.0 Å². The molecule has 0 bridgehead atoms. The third-order valence-corrected chi connectivity index (χ3v) is 5.23. The maximum absolute atomic E-state index is 11.9. The van der Waals surface area contributed by atoms with E-state index in [9.17, 15) is 14.4 Å². The molecular weight excluding hydrogens is 406 g/mol. The highest BCUT2D eigenvalue weighted by Crippen LogP contribution is 2.12. The number of hydrogen-bond donors (Lipinski definition) is 3. The van der Waals surface area contributed by atoms with Gasteiger partial charge >= 0.3 is 0 Å². The SMILES string of the molecule is CC(=O)NCCCCCCNC(=O)/C=C/C(C)CCC(C)OCCCCCCNC(C)=O. The highest BCUT2D eigenvalue weighted by Gasteiger charge is 2.06. The minimum absolute atomic E-state index is 0.0167. The summed E-state index contributed by atoms with van der Waals surface area (Å²) in [4.78, 5) is 33.4. The van der Waals surface area contributed by atoms with E-state index in [1.54, 1.807) is 13.0 Å². The van der Waals surface area contributed by atoms with E-state index in [2.05, 4.69) is 29.8 Å². The van der Waals surface area contributed by atoms with Gasteiger partial charge in [0.05, 0.1) is 6.10 Å². The van der Waals surface area contributed by atoms with E-state index in [0.29, 0.717) is 12.5 Å². The number of carbonyl (C=O) groups excluding carboxylic acids is 3. The fourth-order valence-electron chi connectivity index (χ4n) is 3.20. The quantitative estimate of drug-likeness (QED) is 0.193. The Balaban J connectivity index is 3.59. The Morgan fingerprint density at radius 2 is 1.22 bits per heavy atom. The lowest BCUT2D eigenvalue weighted by Crippen LogP contribution is -2.22. The first-order chi connectivity index (χ1) is 15.3. The van der Waals surface area contributed by atoms with Gasteiger partial charge in [-0.2, -0.15) is 0 Å². The van der Waals surface area contributed by atoms with Crippen LogP contribution in [-0.4, -0.2) is 50.1 Å². The van der Waals surface area contributed by atoms with Crippen molar-refractivity contribution in [2.24, 2.45) is 5.92 Å². The van der Waals surface area contributed by atoms with Gasteiger partial charge in [-0.05, 0) is 57.4 Å². The van der Waals surface area contributed by atoms with Gasteiger partial charge in [-0.3, -0.25) is 14.4 Å². The number of allylic oxidation sites excluding steroid dienone is 1. The van der Waals surface area contributed by atoms with Crippen molar-refractivity contribution < 1.29 is 19.1 Å². The maximum atomic E-state index is 11.9. The molecule has 0 rings (SSSR count). The molecule has 0 saturated heterocycles. The molecule has 2 unspecified atom stereocenters.